The summed E-state index contributed by atoms with van der Waals surface area (Å²) >= 11 is 3.37. The SMILES string of the molecule is CCCCNc1cc(C(=O)Nc2cccc(Br)c2)ncn1. The van der Waals surface area contributed by atoms with Gasteiger partial charge in [-0.1, -0.05) is 35.3 Å². The predicted octanol–water partition coefficient (Wildman–Crippen LogP) is 3.70. The normalized spacial score (nSPS) is 10.2. The number of hydrogen-bond donors (Lipinski definition) is 2. The standard InChI is InChI=1S/C15H17BrN4O/c1-2-3-7-17-14-9-13(18-10-19-14)15(21)20-12-6-4-5-11(16)8-12/h4-6,8-10H,2-3,7H2,1H3,(H,20,21)(H,17,18,19). The van der Waals surface area contributed by atoms with Crippen LogP contribution >= 0.6 is 15.9 Å². The number of amides is 1. The summed E-state index contributed by atoms with van der Waals surface area (Å²) in [5.41, 5.74) is 1.05. The van der Waals surface area contributed by atoms with Gasteiger partial charge in [0.2, 0.25) is 0 Å². The highest BCUT2D eigenvalue weighted by atomic mass is 79.9. The van der Waals surface area contributed by atoms with Crippen LogP contribution in [0.1, 0.15) is 30.3 Å². The molecule has 1 amide bonds. The van der Waals surface area contributed by atoms with E-state index in [1.54, 1.807) is 6.07 Å². The minimum atomic E-state index is -0.256. The number of carbonyl (C=O) groups excluding carboxylic acids is 1. The van der Waals surface area contributed by atoms with Crippen LogP contribution in [-0.2, 0) is 0 Å². The summed E-state index contributed by atoms with van der Waals surface area (Å²) in [7, 11) is 0. The molecule has 0 unspecified atom stereocenters. The highest BCUT2D eigenvalue weighted by Crippen LogP contribution is 2.16. The lowest BCUT2D eigenvalue weighted by Gasteiger charge is -2.07. The first-order chi connectivity index (χ1) is 10.2. The van der Waals surface area contributed by atoms with Gasteiger partial charge in [0.25, 0.3) is 5.91 Å². The Balaban J connectivity index is 2.03. The maximum atomic E-state index is 12.2. The van der Waals surface area contributed by atoms with Gasteiger partial charge in [0.05, 0.1) is 0 Å². The average Bonchev–Trinajstić information content (AvgIpc) is 2.48. The largest absolute Gasteiger partial charge is 0.370 e. The van der Waals surface area contributed by atoms with Crippen LogP contribution in [0.5, 0.6) is 0 Å². The second-order valence-electron chi connectivity index (χ2n) is 4.53. The van der Waals surface area contributed by atoms with E-state index in [2.05, 4.69) is 43.5 Å². The molecule has 0 aliphatic carbocycles. The van der Waals surface area contributed by atoms with E-state index in [-0.39, 0.29) is 5.91 Å². The highest BCUT2D eigenvalue weighted by Gasteiger charge is 2.09. The number of unbranched alkanes of at least 4 members (excludes halogenated alkanes) is 1. The summed E-state index contributed by atoms with van der Waals surface area (Å²) in [5.74, 6) is 0.409. The first kappa shape index (κ1) is 15.4. The first-order valence-corrected chi connectivity index (χ1v) is 7.61. The monoisotopic (exact) mass is 348 g/mol. The maximum absolute atomic E-state index is 12.2. The van der Waals surface area contributed by atoms with Gasteiger partial charge in [0, 0.05) is 22.8 Å². The van der Waals surface area contributed by atoms with Gasteiger partial charge in [-0.2, -0.15) is 0 Å². The fraction of sp³-hybridized carbons (Fsp3) is 0.267. The van der Waals surface area contributed by atoms with Crippen LogP contribution in [0.25, 0.3) is 0 Å². The number of hydrogen-bond acceptors (Lipinski definition) is 4. The van der Waals surface area contributed by atoms with Crippen LogP contribution in [0.2, 0.25) is 0 Å². The molecule has 1 heterocycles. The third-order valence-corrected chi connectivity index (χ3v) is 3.31. The molecule has 0 aliphatic rings. The average molecular weight is 349 g/mol. The summed E-state index contributed by atoms with van der Waals surface area (Å²) in [5, 5.41) is 5.98. The zero-order chi connectivity index (χ0) is 15.1. The number of aromatic nitrogens is 2. The Kier molecular flexibility index (Phi) is 5.68. The smallest absolute Gasteiger partial charge is 0.274 e. The molecule has 0 atom stereocenters. The molecular formula is C15H17BrN4O. The third-order valence-electron chi connectivity index (χ3n) is 2.82. The van der Waals surface area contributed by atoms with E-state index in [0.29, 0.717) is 17.2 Å². The second-order valence-corrected chi connectivity index (χ2v) is 5.45. The van der Waals surface area contributed by atoms with E-state index in [1.807, 2.05) is 24.3 Å². The molecule has 0 bridgehead atoms. The Morgan fingerprint density at radius 2 is 2.14 bits per heavy atom. The van der Waals surface area contributed by atoms with Gasteiger partial charge < -0.3 is 10.6 Å². The van der Waals surface area contributed by atoms with Crippen molar-refractivity contribution in [1.82, 2.24) is 9.97 Å². The molecule has 0 saturated heterocycles. The van der Waals surface area contributed by atoms with Gasteiger partial charge in [-0.15, -0.1) is 0 Å². The van der Waals surface area contributed by atoms with Crippen molar-refractivity contribution >= 4 is 33.3 Å². The number of nitrogens with zero attached hydrogens (tertiary/aromatic N) is 2. The van der Waals surface area contributed by atoms with E-state index in [1.165, 1.54) is 6.33 Å². The Hall–Kier alpha value is -1.95. The van der Waals surface area contributed by atoms with E-state index in [0.717, 1.165) is 23.9 Å². The van der Waals surface area contributed by atoms with Crippen molar-refractivity contribution in [2.75, 3.05) is 17.2 Å². The highest BCUT2D eigenvalue weighted by molar-refractivity contribution is 9.10. The molecule has 1 aromatic heterocycles. The van der Waals surface area contributed by atoms with Gasteiger partial charge in [0.1, 0.15) is 17.8 Å². The van der Waals surface area contributed by atoms with Crippen LogP contribution < -0.4 is 10.6 Å². The molecule has 0 saturated carbocycles. The summed E-state index contributed by atoms with van der Waals surface area (Å²) in [6.45, 7) is 2.96. The zero-order valence-corrected chi connectivity index (χ0v) is 13.4. The van der Waals surface area contributed by atoms with Crippen molar-refractivity contribution in [2.45, 2.75) is 19.8 Å². The van der Waals surface area contributed by atoms with Crippen molar-refractivity contribution in [1.29, 1.82) is 0 Å². The predicted molar refractivity (Wildman–Crippen MR) is 87.5 cm³/mol. The number of anilines is 2. The number of halogens is 1. The fourth-order valence-electron chi connectivity index (χ4n) is 1.73. The van der Waals surface area contributed by atoms with Crippen LogP contribution in [0.15, 0.2) is 41.1 Å². The molecule has 6 heteroatoms. The van der Waals surface area contributed by atoms with Crippen molar-refractivity contribution < 1.29 is 4.79 Å². The topological polar surface area (TPSA) is 66.9 Å². The molecular weight excluding hydrogens is 332 g/mol. The number of carbonyl (C=O) groups is 1. The number of benzene rings is 1. The number of nitrogens with one attached hydrogen (secondary N) is 2. The quantitative estimate of drug-likeness (QED) is 0.781. The molecule has 0 fully saturated rings. The third kappa shape index (κ3) is 4.82. The van der Waals surface area contributed by atoms with Crippen LogP contribution in [0.3, 0.4) is 0 Å². The lowest BCUT2D eigenvalue weighted by atomic mass is 10.3. The molecule has 110 valence electrons. The molecule has 2 aromatic rings. The Morgan fingerprint density at radius 1 is 1.29 bits per heavy atom. The van der Waals surface area contributed by atoms with Gasteiger partial charge in [0.15, 0.2) is 0 Å². The van der Waals surface area contributed by atoms with Crippen molar-refractivity contribution in [2.24, 2.45) is 0 Å². The molecule has 0 radical (unpaired) electrons. The lowest BCUT2D eigenvalue weighted by molar-refractivity contribution is 0.102. The van der Waals surface area contributed by atoms with Crippen LogP contribution in [0.4, 0.5) is 11.5 Å². The molecule has 2 N–H and O–H groups in total. The Bertz CT molecular complexity index is 618. The first-order valence-electron chi connectivity index (χ1n) is 6.82. The van der Waals surface area contributed by atoms with Gasteiger partial charge >= 0.3 is 0 Å². The molecule has 2 rings (SSSR count). The van der Waals surface area contributed by atoms with Gasteiger partial charge in [-0.05, 0) is 24.6 Å². The minimum Gasteiger partial charge on any atom is -0.370 e. The van der Waals surface area contributed by atoms with Crippen molar-refractivity contribution in [3.8, 4) is 0 Å². The zero-order valence-electron chi connectivity index (χ0n) is 11.8. The minimum absolute atomic E-state index is 0.256. The van der Waals surface area contributed by atoms with E-state index in [9.17, 15) is 4.79 Å². The van der Waals surface area contributed by atoms with Crippen LogP contribution in [-0.4, -0.2) is 22.4 Å². The summed E-state index contributed by atoms with van der Waals surface area (Å²) in [6.07, 6.45) is 3.56. The van der Waals surface area contributed by atoms with E-state index in [4.69, 9.17) is 0 Å². The van der Waals surface area contributed by atoms with Crippen molar-refractivity contribution in [3.05, 3.63) is 46.8 Å². The van der Waals surface area contributed by atoms with E-state index >= 15 is 0 Å². The lowest BCUT2D eigenvalue weighted by Crippen LogP contribution is -2.14. The second kappa shape index (κ2) is 7.73. The molecule has 0 spiro atoms. The number of rotatable bonds is 6. The van der Waals surface area contributed by atoms with Crippen LogP contribution in [0, 0.1) is 0 Å². The maximum Gasteiger partial charge on any atom is 0.274 e. The van der Waals surface area contributed by atoms with E-state index < -0.39 is 0 Å². The molecule has 1 aromatic carbocycles. The summed E-state index contributed by atoms with van der Waals surface area (Å²) in [4.78, 5) is 20.3. The van der Waals surface area contributed by atoms with Gasteiger partial charge in [-0.25, -0.2) is 9.97 Å². The summed E-state index contributed by atoms with van der Waals surface area (Å²) in [6, 6.07) is 9.07. The molecule has 5 nitrogen and oxygen atoms in total. The molecule has 0 aliphatic heterocycles. The summed E-state index contributed by atoms with van der Waals surface area (Å²) < 4.78 is 0.907. The van der Waals surface area contributed by atoms with Gasteiger partial charge in [-0.3, -0.25) is 4.79 Å². The molecule has 21 heavy (non-hydrogen) atoms. The fourth-order valence-corrected chi connectivity index (χ4v) is 2.13. The Labute approximate surface area is 132 Å². The van der Waals surface area contributed by atoms with Crippen molar-refractivity contribution in [3.63, 3.8) is 0 Å². The Morgan fingerprint density at radius 3 is 2.90 bits per heavy atom.